The van der Waals surface area contributed by atoms with Gasteiger partial charge < -0.3 is 19.3 Å². The summed E-state index contributed by atoms with van der Waals surface area (Å²) in [5.41, 5.74) is 0.680. The summed E-state index contributed by atoms with van der Waals surface area (Å²) in [6.45, 7) is 0. The van der Waals surface area contributed by atoms with Crippen LogP contribution in [0.15, 0.2) is 28.1 Å². The van der Waals surface area contributed by atoms with Crippen molar-refractivity contribution in [3.05, 3.63) is 38.5 Å². The highest BCUT2D eigenvalue weighted by Crippen LogP contribution is 2.43. The second-order valence-electron chi connectivity index (χ2n) is 4.35. The van der Waals surface area contributed by atoms with E-state index >= 15 is 0 Å². The van der Waals surface area contributed by atoms with Gasteiger partial charge in [0.25, 0.3) is 0 Å². The van der Waals surface area contributed by atoms with E-state index in [1.807, 2.05) is 12.1 Å². The standard InChI is InChI=1S/C15H17BrO4S/c1-18-12-6-5-10(14(19-2)15(12)20-3)11(17)8-9-4-7-13(16)21-9/h4-7,11,17H,8H2,1-3H3. The zero-order valence-corrected chi connectivity index (χ0v) is 14.5. The maximum Gasteiger partial charge on any atom is 0.203 e. The van der Waals surface area contributed by atoms with Crippen LogP contribution in [0.2, 0.25) is 0 Å². The number of benzene rings is 1. The third-order valence-corrected chi connectivity index (χ3v) is 4.76. The molecule has 21 heavy (non-hydrogen) atoms. The molecule has 0 saturated carbocycles. The van der Waals surface area contributed by atoms with Crippen molar-refractivity contribution < 1.29 is 19.3 Å². The molecule has 0 amide bonds. The molecule has 1 unspecified atom stereocenters. The molecular formula is C15H17BrO4S. The molecule has 0 saturated heterocycles. The Bertz CT molecular complexity index is 612. The molecule has 0 spiro atoms. The molecule has 0 radical (unpaired) electrons. The summed E-state index contributed by atoms with van der Waals surface area (Å²) >= 11 is 5.03. The molecule has 114 valence electrons. The highest BCUT2D eigenvalue weighted by molar-refractivity contribution is 9.11. The Kier molecular flexibility index (Phi) is 5.50. The summed E-state index contributed by atoms with van der Waals surface area (Å²) in [5, 5.41) is 10.5. The minimum absolute atomic E-state index is 0.490. The van der Waals surface area contributed by atoms with Crippen LogP contribution >= 0.6 is 27.3 Å². The summed E-state index contributed by atoms with van der Waals surface area (Å²) in [7, 11) is 4.67. The second-order valence-corrected chi connectivity index (χ2v) is 6.90. The van der Waals surface area contributed by atoms with Crippen LogP contribution in [0, 0.1) is 0 Å². The van der Waals surface area contributed by atoms with Crippen LogP contribution in [0.5, 0.6) is 17.2 Å². The molecule has 1 N–H and O–H groups in total. The monoisotopic (exact) mass is 372 g/mol. The second kappa shape index (κ2) is 7.15. The van der Waals surface area contributed by atoms with Crippen LogP contribution < -0.4 is 14.2 Å². The number of ether oxygens (including phenoxy) is 3. The first-order chi connectivity index (χ1) is 10.1. The number of rotatable bonds is 6. The van der Waals surface area contributed by atoms with Gasteiger partial charge in [0.15, 0.2) is 11.5 Å². The lowest BCUT2D eigenvalue weighted by molar-refractivity contribution is 0.173. The molecule has 0 bridgehead atoms. The molecule has 4 nitrogen and oxygen atoms in total. The van der Waals surface area contributed by atoms with E-state index in [4.69, 9.17) is 14.2 Å². The van der Waals surface area contributed by atoms with E-state index < -0.39 is 6.10 Å². The quantitative estimate of drug-likeness (QED) is 0.837. The Balaban J connectivity index is 2.33. The van der Waals surface area contributed by atoms with Gasteiger partial charge >= 0.3 is 0 Å². The van der Waals surface area contributed by atoms with E-state index in [1.54, 1.807) is 44.8 Å². The molecule has 0 aliphatic heterocycles. The minimum Gasteiger partial charge on any atom is -0.493 e. The van der Waals surface area contributed by atoms with Crippen LogP contribution in [0.4, 0.5) is 0 Å². The van der Waals surface area contributed by atoms with Crippen molar-refractivity contribution in [2.45, 2.75) is 12.5 Å². The van der Waals surface area contributed by atoms with Crippen LogP contribution in [0.1, 0.15) is 16.5 Å². The number of hydrogen-bond acceptors (Lipinski definition) is 5. The van der Waals surface area contributed by atoms with Gasteiger partial charge in [-0.15, -0.1) is 11.3 Å². The van der Waals surface area contributed by atoms with Gasteiger partial charge in [0, 0.05) is 16.9 Å². The van der Waals surface area contributed by atoms with Gasteiger partial charge in [-0.1, -0.05) is 0 Å². The summed E-state index contributed by atoms with van der Waals surface area (Å²) in [6, 6.07) is 7.53. The molecule has 0 fully saturated rings. The van der Waals surface area contributed by atoms with Crippen molar-refractivity contribution in [3.8, 4) is 17.2 Å². The van der Waals surface area contributed by atoms with Gasteiger partial charge in [0.1, 0.15) is 0 Å². The molecular weight excluding hydrogens is 356 g/mol. The first-order valence-electron chi connectivity index (χ1n) is 6.31. The Morgan fingerprint density at radius 2 is 1.76 bits per heavy atom. The van der Waals surface area contributed by atoms with E-state index in [2.05, 4.69) is 15.9 Å². The molecule has 0 aliphatic carbocycles. The summed E-state index contributed by atoms with van der Waals surface area (Å²) in [4.78, 5) is 1.09. The minimum atomic E-state index is -0.676. The van der Waals surface area contributed by atoms with E-state index in [0.29, 0.717) is 29.2 Å². The maximum absolute atomic E-state index is 10.5. The highest BCUT2D eigenvalue weighted by Gasteiger charge is 2.21. The molecule has 1 aromatic carbocycles. The molecule has 1 aromatic heterocycles. The molecule has 2 aromatic rings. The lowest BCUT2D eigenvalue weighted by atomic mass is 10.0. The lowest BCUT2D eigenvalue weighted by Gasteiger charge is -2.18. The van der Waals surface area contributed by atoms with Crippen molar-refractivity contribution in [1.29, 1.82) is 0 Å². The zero-order valence-electron chi connectivity index (χ0n) is 12.1. The van der Waals surface area contributed by atoms with Gasteiger partial charge in [-0.25, -0.2) is 0 Å². The third kappa shape index (κ3) is 3.51. The van der Waals surface area contributed by atoms with Crippen LogP contribution in [-0.2, 0) is 6.42 Å². The largest absolute Gasteiger partial charge is 0.493 e. The Morgan fingerprint density at radius 1 is 1.05 bits per heavy atom. The van der Waals surface area contributed by atoms with Crippen molar-refractivity contribution in [2.24, 2.45) is 0 Å². The number of halogens is 1. The fourth-order valence-electron chi connectivity index (χ4n) is 2.15. The smallest absolute Gasteiger partial charge is 0.203 e. The predicted molar refractivity (Wildman–Crippen MR) is 86.8 cm³/mol. The van der Waals surface area contributed by atoms with E-state index in [-0.39, 0.29) is 0 Å². The lowest BCUT2D eigenvalue weighted by Crippen LogP contribution is -2.05. The fourth-order valence-corrected chi connectivity index (χ4v) is 3.67. The average Bonchev–Trinajstić information content (AvgIpc) is 2.90. The first kappa shape index (κ1) is 16.1. The van der Waals surface area contributed by atoms with E-state index in [9.17, 15) is 5.11 Å². The van der Waals surface area contributed by atoms with Gasteiger partial charge in [-0.3, -0.25) is 0 Å². The number of methoxy groups -OCH3 is 3. The Hall–Kier alpha value is -1.24. The average molecular weight is 373 g/mol. The van der Waals surface area contributed by atoms with Crippen LogP contribution in [0.25, 0.3) is 0 Å². The Labute approximate surface area is 136 Å². The highest BCUT2D eigenvalue weighted by atomic mass is 79.9. The summed E-state index contributed by atoms with van der Waals surface area (Å²) in [5.74, 6) is 1.56. The van der Waals surface area contributed by atoms with Crippen molar-refractivity contribution in [1.82, 2.24) is 0 Å². The van der Waals surface area contributed by atoms with Gasteiger partial charge in [0.2, 0.25) is 5.75 Å². The fraction of sp³-hybridized carbons (Fsp3) is 0.333. The maximum atomic E-state index is 10.5. The summed E-state index contributed by atoms with van der Waals surface area (Å²) in [6.07, 6.45) is -0.160. The number of aliphatic hydroxyl groups is 1. The van der Waals surface area contributed by atoms with E-state index in [0.717, 1.165) is 8.66 Å². The summed E-state index contributed by atoms with van der Waals surface area (Å²) < 4.78 is 17.0. The topological polar surface area (TPSA) is 47.9 Å². The molecule has 1 atom stereocenters. The van der Waals surface area contributed by atoms with Crippen molar-refractivity contribution >= 4 is 27.3 Å². The predicted octanol–water partition coefficient (Wildman–Crippen LogP) is 3.81. The third-order valence-electron chi connectivity index (χ3n) is 3.12. The molecule has 0 aliphatic rings. The molecule has 1 heterocycles. The SMILES string of the molecule is COc1ccc(C(O)Cc2ccc(Br)s2)c(OC)c1OC. The normalized spacial score (nSPS) is 12.0. The van der Waals surface area contributed by atoms with Gasteiger partial charge in [0.05, 0.1) is 31.2 Å². The molecule has 2 rings (SSSR count). The van der Waals surface area contributed by atoms with Gasteiger partial charge in [-0.05, 0) is 40.2 Å². The zero-order chi connectivity index (χ0) is 15.4. The van der Waals surface area contributed by atoms with E-state index in [1.165, 1.54) is 0 Å². The van der Waals surface area contributed by atoms with Crippen molar-refractivity contribution in [3.63, 3.8) is 0 Å². The number of thiophene rings is 1. The first-order valence-corrected chi connectivity index (χ1v) is 7.92. The van der Waals surface area contributed by atoms with Crippen LogP contribution in [-0.4, -0.2) is 26.4 Å². The van der Waals surface area contributed by atoms with Gasteiger partial charge in [-0.2, -0.15) is 0 Å². The molecule has 6 heteroatoms. The number of hydrogen-bond donors (Lipinski definition) is 1. The number of aliphatic hydroxyl groups excluding tert-OH is 1. The van der Waals surface area contributed by atoms with Crippen molar-refractivity contribution in [2.75, 3.05) is 21.3 Å². The Morgan fingerprint density at radius 3 is 2.29 bits per heavy atom. The van der Waals surface area contributed by atoms with Crippen LogP contribution in [0.3, 0.4) is 0 Å².